The van der Waals surface area contributed by atoms with Crippen molar-refractivity contribution < 1.29 is 18.0 Å². The Labute approximate surface area is 205 Å². The second kappa shape index (κ2) is 12.4. The lowest BCUT2D eigenvalue weighted by Crippen LogP contribution is -2.51. The molecule has 0 aromatic heterocycles. The second-order valence-corrected chi connectivity index (χ2v) is 10.4. The van der Waals surface area contributed by atoms with Crippen LogP contribution in [-0.2, 0) is 26.2 Å². The lowest BCUT2D eigenvalue weighted by Gasteiger charge is -2.32. The highest BCUT2D eigenvalue weighted by Crippen LogP contribution is 2.21. The van der Waals surface area contributed by atoms with E-state index in [0.29, 0.717) is 28.6 Å². The van der Waals surface area contributed by atoms with E-state index >= 15 is 0 Å². The van der Waals surface area contributed by atoms with Gasteiger partial charge in [-0.05, 0) is 48.7 Å². The third kappa shape index (κ3) is 7.17. The van der Waals surface area contributed by atoms with Crippen molar-refractivity contribution in [3.63, 3.8) is 0 Å². The first-order chi connectivity index (χ1) is 15.6. The maximum Gasteiger partial charge on any atom is 0.243 e. The Hall–Kier alpha value is -2.13. The van der Waals surface area contributed by atoms with Gasteiger partial charge in [0.25, 0.3) is 0 Å². The number of carbonyl (C=O) groups is 2. The molecule has 0 bridgehead atoms. The van der Waals surface area contributed by atoms with Gasteiger partial charge in [-0.2, -0.15) is 4.31 Å². The molecule has 33 heavy (non-hydrogen) atoms. The molecule has 0 aliphatic heterocycles. The van der Waals surface area contributed by atoms with Crippen molar-refractivity contribution in [3.05, 3.63) is 64.1 Å². The van der Waals surface area contributed by atoms with Crippen LogP contribution in [0.4, 0.5) is 0 Å². The van der Waals surface area contributed by atoms with Gasteiger partial charge in [-0.15, -0.1) is 0 Å². The molecule has 180 valence electrons. The van der Waals surface area contributed by atoms with Crippen LogP contribution in [0.3, 0.4) is 0 Å². The number of hydrogen-bond donors (Lipinski definition) is 1. The minimum absolute atomic E-state index is 0.0209. The average molecular weight is 514 g/mol. The van der Waals surface area contributed by atoms with Gasteiger partial charge < -0.3 is 10.2 Å². The minimum atomic E-state index is -3.93. The maximum absolute atomic E-state index is 13.4. The molecule has 0 fully saturated rings. The molecule has 0 radical (unpaired) electrons. The van der Waals surface area contributed by atoms with Gasteiger partial charge in [-0.3, -0.25) is 9.59 Å². The fourth-order valence-electron chi connectivity index (χ4n) is 3.25. The van der Waals surface area contributed by atoms with Gasteiger partial charge in [-0.1, -0.05) is 55.2 Å². The largest absolute Gasteiger partial charge is 0.354 e. The molecule has 0 aliphatic rings. The number of sulfonamides is 1. The summed E-state index contributed by atoms with van der Waals surface area (Å²) in [7, 11) is -2.60. The van der Waals surface area contributed by atoms with Crippen molar-refractivity contribution in [2.75, 3.05) is 20.1 Å². The first-order valence-electron chi connectivity index (χ1n) is 10.6. The van der Waals surface area contributed by atoms with Crippen LogP contribution in [0.5, 0.6) is 0 Å². The zero-order valence-electron chi connectivity index (χ0n) is 18.9. The number of hydrogen-bond acceptors (Lipinski definition) is 4. The molecule has 2 aromatic carbocycles. The van der Waals surface area contributed by atoms with E-state index in [1.54, 1.807) is 31.2 Å². The van der Waals surface area contributed by atoms with Crippen molar-refractivity contribution in [3.8, 4) is 0 Å². The lowest BCUT2D eigenvalue weighted by atomic mass is 10.1. The zero-order valence-corrected chi connectivity index (χ0v) is 21.3. The van der Waals surface area contributed by atoms with Crippen LogP contribution in [0, 0.1) is 0 Å². The highest BCUT2D eigenvalue weighted by atomic mass is 35.5. The molecule has 0 unspecified atom stereocenters. The lowest BCUT2D eigenvalue weighted by molar-refractivity contribution is -0.141. The molecular weight excluding hydrogens is 485 g/mol. The normalized spacial score (nSPS) is 12.4. The van der Waals surface area contributed by atoms with Gasteiger partial charge >= 0.3 is 0 Å². The molecule has 0 saturated carbocycles. The van der Waals surface area contributed by atoms with Crippen LogP contribution in [0.25, 0.3) is 0 Å². The van der Waals surface area contributed by atoms with E-state index in [9.17, 15) is 18.0 Å². The third-order valence-electron chi connectivity index (χ3n) is 5.11. The van der Waals surface area contributed by atoms with Crippen LogP contribution in [-0.4, -0.2) is 55.6 Å². The van der Waals surface area contributed by atoms with E-state index in [-0.39, 0.29) is 17.3 Å². The summed E-state index contributed by atoms with van der Waals surface area (Å²) in [5.41, 5.74) is 0.664. The Bertz CT molecular complexity index is 1060. The minimum Gasteiger partial charge on any atom is -0.354 e. The molecule has 0 spiro atoms. The van der Waals surface area contributed by atoms with E-state index in [1.807, 2.05) is 6.92 Å². The fourth-order valence-corrected chi connectivity index (χ4v) is 4.69. The van der Waals surface area contributed by atoms with E-state index in [1.165, 1.54) is 36.2 Å². The van der Waals surface area contributed by atoms with E-state index in [4.69, 9.17) is 23.2 Å². The Kier molecular flexibility index (Phi) is 10.2. The molecule has 2 rings (SSSR count). The monoisotopic (exact) mass is 513 g/mol. The SMILES string of the molecule is CCCNC(=O)[C@H](CC)N(Cc1ccccc1Cl)C(=O)CN(C)S(=O)(=O)c1ccc(Cl)cc1. The number of likely N-dealkylation sites (N-methyl/N-ethyl adjacent to an activating group) is 1. The first kappa shape index (κ1) is 27.1. The van der Waals surface area contributed by atoms with Crippen LogP contribution < -0.4 is 5.32 Å². The van der Waals surface area contributed by atoms with Crippen molar-refractivity contribution in [1.82, 2.24) is 14.5 Å². The molecule has 0 saturated heterocycles. The third-order valence-corrected chi connectivity index (χ3v) is 7.55. The molecule has 10 heteroatoms. The summed E-state index contributed by atoms with van der Waals surface area (Å²) in [4.78, 5) is 27.6. The predicted molar refractivity (Wildman–Crippen MR) is 131 cm³/mol. The van der Waals surface area contributed by atoms with Gasteiger partial charge in [0.2, 0.25) is 21.8 Å². The molecule has 1 N–H and O–H groups in total. The molecule has 2 aromatic rings. The second-order valence-electron chi connectivity index (χ2n) is 7.54. The number of halogens is 2. The summed E-state index contributed by atoms with van der Waals surface area (Å²) in [6.45, 7) is 3.86. The molecule has 7 nitrogen and oxygen atoms in total. The highest BCUT2D eigenvalue weighted by molar-refractivity contribution is 7.89. The summed E-state index contributed by atoms with van der Waals surface area (Å²) in [5.74, 6) is -0.795. The van der Waals surface area contributed by atoms with Crippen molar-refractivity contribution in [1.29, 1.82) is 0 Å². The first-order valence-corrected chi connectivity index (χ1v) is 12.8. The van der Waals surface area contributed by atoms with E-state index in [0.717, 1.165) is 10.7 Å². The Morgan fingerprint density at radius 1 is 1.03 bits per heavy atom. The Morgan fingerprint density at radius 2 is 1.67 bits per heavy atom. The fraction of sp³-hybridized carbons (Fsp3) is 0.391. The molecule has 1 atom stereocenters. The van der Waals surface area contributed by atoms with Crippen LogP contribution >= 0.6 is 23.2 Å². The quantitative estimate of drug-likeness (QED) is 0.492. The van der Waals surface area contributed by atoms with Gasteiger partial charge in [0.05, 0.1) is 11.4 Å². The van der Waals surface area contributed by atoms with Gasteiger partial charge in [0.15, 0.2) is 0 Å². The van der Waals surface area contributed by atoms with E-state index in [2.05, 4.69) is 5.32 Å². The number of carbonyl (C=O) groups excluding carboxylic acids is 2. The molecular formula is C23H29Cl2N3O4S. The Balaban J connectivity index is 2.32. The summed E-state index contributed by atoms with van der Waals surface area (Å²) in [5, 5.41) is 3.69. The number of benzene rings is 2. The summed E-state index contributed by atoms with van der Waals surface area (Å²) >= 11 is 12.2. The average Bonchev–Trinajstić information content (AvgIpc) is 2.78. The molecule has 0 heterocycles. The zero-order chi connectivity index (χ0) is 24.6. The molecule has 2 amide bonds. The number of amides is 2. The van der Waals surface area contributed by atoms with Crippen molar-refractivity contribution >= 4 is 45.0 Å². The highest BCUT2D eigenvalue weighted by Gasteiger charge is 2.32. The maximum atomic E-state index is 13.4. The standard InChI is InChI=1S/C23H29Cl2N3O4S/c1-4-14-26-23(30)21(5-2)28(15-17-8-6-7-9-20(17)25)22(29)16-27(3)33(31,32)19-12-10-18(24)11-13-19/h6-13,21H,4-5,14-16H2,1-3H3,(H,26,30)/t21-/m0/s1. The number of nitrogens with one attached hydrogen (secondary N) is 1. The van der Waals surface area contributed by atoms with Crippen LogP contribution in [0.15, 0.2) is 53.4 Å². The van der Waals surface area contributed by atoms with Crippen LogP contribution in [0.2, 0.25) is 10.0 Å². The number of nitrogens with zero attached hydrogens (tertiary/aromatic N) is 2. The smallest absolute Gasteiger partial charge is 0.243 e. The molecule has 0 aliphatic carbocycles. The van der Waals surface area contributed by atoms with Crippen LogP contribution in [0.1, 0.15) is 32.3 Å². The summed E-state index contributed by atoms with van der Waals surface area (Å²) in [6, 6.07) is 12.0. The summed E-state index contributed by atoms with van der Waals surface area (Å²) < 4.78 is 26.8. The number of rotatable bonds is 11. The van der Waals surface area contributed by atoms with Crippen molar-refractivity contribution in [2.24, 2.45) is 0 Å². The Morgan fingerprint density at radius 3 is 2.24 bits per heavy atom. The van der Waals surface area contributed by atoms with Gasteiger partial charge in [-0.25, -0.2) is 8.42 Å². The summed E-state index contributed by atoms with van der Waals surface area (Å²) in [6.07, 6.45) is 1.11. The topological polar surface area (TPSA) is 86.8 Å². The van der Waals surface area contributed by atoms with Crippen molar-refractivity contribution in [2.45, 2.75) is 44.2 Å². The van der Waals surface area contributed by atoms with Gasteiger partial charge in [0.1, 0.15) is 6.04 Å². The predicted octanol–water partition coefficient (Wildman–Crippen LogP) is 3.95. The van der Waals surface area contributed by atoms with Gasteiger partial charge in [0, 0.05) is 30.2 Å². The van der Waals surface area contributed by atoms with E-state index < -0.39 is 28.5 Å².